The lowest BCUT2D eigenvalue weighted by atomic mass is 10.2. The van der Waals surface area contributed by atoms with Crippen molar-refractivity contribution in [3.05, 3.63) is 61.2 Å². The van der Waals surface area contributed by atoms with Gasteiger partial charge in [0, 0.05) is 12.2 Å². The Morgan fingerprint density at radius 1 is 1.05 bits per heavy atom. The topological polar surface area (TPSA) is 61.8 Å². The largest absolute Gasteiger partial charge is 0.458 e. The summed E-state index contributed by atoms with van der Waals surface area (Å²) in [5, 5.41) is 0. The highest BCUT2D eigenvalue weighted by Crippen LogP contribution is 2.03. The van der Waals surface area contributed by atoms with Crippen LogP contribution in [-0.2, 0) is 30.4 Å². The smallest absolute Gasteiger partial charge is 0.330 e. The molecular formula is C16H18O5. The van der Waals surface area contributed by atoms with Gasteiger partial charge in [-0.2, -0.15) is 0 Å². The molecule has 112 valence electrons. The lowest BCUT2D eigenvalue weighted by Crippen LogP contribution is -2.28. The molecule has 1 atom stereocenters. The van der Waals surface area contributed by atoms with E-state index in [-0.39, 0.29) is 13.2 Å². The van der Waals surface area contributed by atoms with E-state index in [2.05, 4.69) is 13.2 Å². The first-order chi connectivity index (χ1) is 10.2. The minimum atomic E-state index is -0.692. The zero-order valence-electron chi connectivity index (χ0n) is 11.7. The molecule has 0 aliphatic carbocycles. The van der Waals surface area contributed by atoms with Crippen LogP contribution in [0.4, 0.5) is 0 Å². The maximum Gasteiger partial charge on any atom is 0.330 e. The predicted molar refractivity (Wildman–Crippen MR) is 77.3 cm³/mol. The predicted octanol–water partition coefficient (Wildman–Crippen LogP) is 2.03. The third-order valence-corrected chi connectivity index (χ3v) is 2.44. The molecule has 0 bridgehead atoms. The van der Waals surface area contributed by atoms with Gasteiger partial charge in [0.1, 0.15) is 6.61 Å². The Morgan fingerprint density at radius 3 is 2.33 bits per heavy atom. The number of esters is 2. The molecule has 0 fully saturated rings. The Morgan fingerprint density at radius 2 is 1.71 bits per heavy atom. The van der Waals surface area contributed by atoms with E-state index in [4.69, 9.17) is 14.2 Å². The highest BCUT2D eigenvalue weighted by Gasteiger charge is 2.15. The van der Waals surface area contributed by atoms with Crippen LogP contribution in [0.25, 0.3) is 0 Å². The first-order valence-electron chi connectivity index (χ1n) is 6.39. The third-order valence-electron chi connectivity index (χ3n) is 2.44. The molecular weight excluding hydrogens is 272 g/mol. The highest BCUT2D eigenvalue weighted by atomic mass is 16.6. The fourth-order valence-corrected chi connectivity index (χ4v) is 1.44. The summed E-state index contributed by atoms with van der Waals surface area (Å²) in [6.45, 7) is 6.99. The zero-order chi connectivity index (χ0) is 15.5. The lowest BCUT2D eigenvalue weighted by molar-refractivity contribution is -0.156. The number of hydrogen-bond donors (Lipinski definition) is 0. The van der Waals surface area contributed by atoms with Gasteiger partial charge < -0.3 is 14.2 Å². The molecule has 0 spiro atoms. The second-order valence-corrected chi connectivity index (χ2v) is 4.10. The standard InChI is InChI=1S/C16H18O5/c1-3-15(17)20-12-14(21-16(18)4-2)11-19-10-13-8-6-5-7-9-13/h3-9,14H,1-2,10-12H2. The van der Waals surface area contributed by atoms with Crippen LogP contribution in [0.2, 0.25) is 0 Å². The molecule has 1 unspecified atom stereocenters. The molecule has 5 heteroatoms. The van der Waals surface area contributed by atoms with Crippen LogP contribution < -0.4 is 0 Å². The molecule has 0 saturated heterocycles. The van der Waals surface area contributed by atoms with Crippen molar-refractivity contribution in [3.8, 4) is 0 Å². The third kappa shape index (κ3) is 7.08. The van der Waals surface area contributed by atoms with Gasteiger partial charge in [-0.3, -0.25) is 0 Å². The molecule has 21 heavy (non-hydrogen) atoms. The first-order valence-corrected chi connectivity index (χ1v) is 6.39. The van der Waals surface area contributed by atoms with E-state index in [0.29, 0.717) is 6.61 Å². The molecule has 1 rings (SSSR count). The van der Waals surface area contributed by atoms with Gasteiger partial charge in [-0.25, -0.2) is 9.59 Å². The fourth-order valence-electron chi connectivity index (χ4n) is 1.44. The van der Waals surface area contributed by atoms with Gasteiger partial charge in [0.05, 0.1) is 13.2 Å². The summed E-state index contributed by atoms with van der Waals surface area (Å²) in [7, 11) is 0. The summed E-state index contributed by atoms with van der Waals surface area (Å²) in [4.78, 5) is 22.2. The molecule has 0 heterocycles. The van der Waals surface area contributed by atoms with Crippen molar-refractivity contribution in [2.75, 3.05) is 13.2 Å². The van der Waals surface area contributed by atoms with Crippen LogP contribution >= 0.6 is 0 Å². The van der Waals surface area contributed by atoms with Crippen molar-refractivity contribution in [3.63, 3.8) is 0 Å². The van der Waals surface area contributed by atoms with Gasteiger partial charge in [-0.15, -0.1) is 0 Å². The minimum absolute atomic E-state index is 0.0980. The van der Waals surface area contributed by atoms with Crippen molar-refractivity contribution >= 4 is 11.9 Å². The van der Waals surface area contributed by atoms with Crippen molar-refractivity contribution in [1.82, 2.24) is 0 Å². The number of hydrogen-bond acceptors (Lipinski definition) is 5. The Bertz CT molecular complexity index is 481. The maximum atomic E-state index is 11.2. The van der Waals surface area contributed by atoms with Crippen molar-refractivity contribution in [2.45, 2.75) is 12.7 Å². The lowest BCUT2D eigenvalue weighted by Gasteiger charge is -2.17. The molecule has 5 nitrogen and oxygen atoms in total. The van der Waals surface area contributed by atoms with Gasteiger partial charge in [0.15, 0.2) is 6.10 Å². The summed E-state index contributed by atoms with van der Waals surface area (Å²) in [5.41, 5.74) is 0.995. The van der Waals surface area contributed by atoms with E-state index < -0.39 is 18.0 Å². The average Bonchev–Trinajstić information content (AvgIpc) is 2.52. The van der Waals surface area contributed by atoms with E-state index in [9.17, 15) is 9.59 Å². The highest BCUT2D eigenvalue weighted by molar-refractivity contribution is 5.82. The van der Waals surface area contributed by atoms with Gasteiger partial charge >= 0.3 is 11.9 Å². The molecule has 0 aliphatic heterocycles. The number of benzene rings is 1. The number of carbonyl (C=O) groups excluding carboxylic acids is 2. The maximum absolute atomic E-state index is 11.2. The van der Waals surface area contributed by atoms with Crippen molar-refractivity contribution in [1.29, 1.82) is 0 Å². The second kappa shape index (κ2) is 9.50. The molecule has 0 aromatic heterocycles. The first kappa shape index (κ1) is 16.7. The van der Waals surface area contributed by atoms with Crippen LogP contribution in [0.1, 0.15) is 5.56 Å². The van der Waals surface area contributed by atoms with Gasteiger partial charge in [0.2, 0.25) is 0 Å². The number of carbonyl (C=O) groups is 2. The molecule has 1 aromatic carbocycles. The SMILES string of the molecule is C=CC(=O)OCC(COCc1ccccc1)OC(=O)C=C. The van der Waals surface area contributed by atoms with Crippen LogP contribution in [0.3, 0.4) is 0 Å². The molecule has 0 radical (unpaired) electrons. The Balaban J connectivity index is 2.43. The van der Waals surface area contributed by atoms with Crippen molar-refractivity contribution < 1.29 is 23.8 Å². The van der Waals surface area contributed by atoms with Gasteiger partial charge in [0.25, 0.3) is 0 Å². The Kier molecular flexibility index (Phi) is 7.53. The Hall–Kier alpha value is -2.40. The van der Waals surface area contributed by atoms with Gasteiger partial charge in [-0.05, 0) is 5.56 Å². The second-order valence-electron chi connectivity index (χ2n) is 4.10. The molecule has 0 saturated carbocycles. The minimum Gasteiger partial charge on any atom is -0.458 e. The molecule has 0 N–H and O–H groups in total. The summed E-state index contributed by atoms with van der Waals surface area (Å²) in [6.07, 6.45) is 1.39. The zero-order valence-corrected chi connectivity index (χ0v) is 11.7. The molecule has 0 amide bonds. The van der Waals surface area contributed by atoms with Gasteiger partial charge in [-0.1, -0.05) is 43.5 Å². The van der Waals surface area contributed by atoms with Crippen molar-refractivity contribution in [2.24, 2.45) is 0 Å². The van der Waals surface area contributed by atoms with E-state index in [1.54, 1.807) is 0 Å². The molecule has 0 aliphatic rings. The summed E-state index contributed by atoms with van der Waals surface area (Å²) < 4.78 is 15.4. The average molecular weight is 290 g/mol. The van der Waals surface area contributed by atoms with E-state index in [1.165, 1.54) is 0 Å². The summed E-state index contributed by atoms with van der Waals surface area (Å²) >= 11 is 0. The van der Waals surface area contributed by atoms with Crippen LogP contribution in [0.15, 0.2) is 55.6 Å². The van der Waals surface area contributed by atoms with E-state index in [1.807, 2.05) is 30.3 Å². The normalized spacial score (nSPS) is 11.2. The van der Waals surface area contributed by atoms with Crippen LogP contribution in [-0.4, -0.2) is 31.3 Å². The fraction of sp³-hybridized carbons (Fsp3) is 0.250. The van der Waals surface area contributed by atoms with Crippen LogP contribution in [0, 0.1) is 0 Å². The quantitative estimate of drug-likeness (QED) is 0.514. The molecule has 1 aromatic rings. The van der Waals surface area contributed by atoms with E-state index >= 15 is 0 Å². The summed E-state index contributed by atoms with van der Waals surface area (Å²) in [5.74, 6) is -1.18. The van der Waals surface area contributed by atoms with E-state index in [0.717, 1.165) is 17.7 Å². The Labute approximate surface area is 123 Å². The number of rotatable bonds is 9. The summed E-state index contributed by atoms with van der Waals surface area (Å²) in [6, 6.07) is 9.55. The number of ether oxygens (including phenoxy) is 3. The monoisotopic (exact) mass is 290 g/mol. The van der Waals surface area contributed by atoms with Crippen LogP contribution in [0.5, 0.6) is 0 Å².